The Morgan fingerprint density at radius 3 is 2.75 bits per heavy atom. The highest BCUT2D eigenvalue weighted by Gasteiger charge is 2.26. The molecule has 3 N–H and O–H groups in total. The van der Waals surface area contributed by atoms with Crippen molar-refractivity contribution in [2.24, 2.45) is 5.92 Å². The van der Waals surface area contributed by atoms with E-state index in [9.17, 15) is 9.59 Å². The Hall–Kier alpha value is -2.66. The van der Waals surface area contributed by atoms with Crippen molar-refractivity contribution in [1.82, 2.24) is 9.97 Å². The molecule has 0 aromatic carbocycles. The molecule has 0 aliphatic heterocycles. The number of carboxylic acids is 1. The number of carboxylic acid groups (broad SMARTS) is 1. The summed E-state index contributed by atoms with van der Waals surface area (Å²) in [5.41, 5.74) is -0.104. The van der Waals surface area contributed by atoms with Gasteiger partial charge in [-0.25, -0.2) is 9.83 Å². The third-order valence-corrected chi connectivity index (χ3v) is 5.06. The first kappa shape index (κ1) is 16.2. The number of aliphatic carboxylic acids is 1. The summed E-state index contributed by atoms with van der Waals surface area (Å²) >= 11 is 1.42. The molecular formula is C16H16N4O3S. The van der Waals surface area contributed by atoms with E-state index < -0.39 is 11.5 Å². The van der Waals surface area contributed by atoms with E-state index in [1.807, 2.05) is 17.5 Å². The molecule has 1 aliphatic carbocycles. The highest BCUT2D eigenvalue weighted by Crippen LogP contribution is 2.31. The van der Waals surface area contributed by atoms with Crippen LogP contribution in [-0.4, -0.2) is 27.1 Å². The molecule has 24 heavy (non-hydrogen) atoms. The largest absolute Gasteiger partial charge is 0.481 e. The van der Waals surface area contributed by atoms with Gasteiger partial charge < -0.3 is 15.4 Å². The smallest absolute Gasteiger partial charge is 0.306 e. The molecular weight excluding hydrogens is 328 g/mol. The summed E-state index contributed by atoms with van der Waals surface area (Å²) < 4.78 is 0. The van der Waals surface area contributed by atoms with Gasteiger partial charge in [-0.15, -0.1) is 11.3 Å². The second-order valence-corrected chi connectivity index (χ2v) is 6.68. The molecule has 124 valence electrons. The summed E-state index contributed by atoms with van der Waals surface area (Å²) in [6, 6.07) is 3.73. The number of rotatable bonds is 4. The van der Waals surface area contributed by atoms with E-state index in [0.717, 1.165) is 4.88 Å². The van der Waals surface area contributed by atoms with E-state index >= 15 is 0 Å². The van der Waals surface area contributed by atoms with Gasteiger partial charge in [-0.2, -0.15) is 0 Å². The molecule has 0 atom stereocenters. The summed E-state index contributed by atoms with van der Waals surface area (Å²) in [5.74, 6) is -0.711. The van der Waals surface area contributed by atoms with Gasteiger partial charge in [0.25, 0.3) is 11.2 Å². The Bertz CT molecular complexity index is 830. The van der Waals surface area contributed by atoms with Crippen molar-refractivity contribution in [3.8, 4) is 10.6 Å². The first-order chi connectivity index (χ1) is 11.6. The number of thiophene rings is 1. The molecule has 1 saturated carbocycles. The van der Waals surface area contributed by atoms with Gasteiger partial charge in [-0.3, -0.25) is 9.59 Å². The van der Waals surface area contributed by atoms with Gasteiger partial charge in [0.15, 0.2) is 0 Å². The van der Waals surface area contributed by atoms with Crippen LogP contribution in [-0.2, 0) is 4.79 Å². The Balaban J connectivity index is 1.82. The number of aromatic amines is 1. The number of nitrogens with one attached hydrogen (secondary N) is 2. The zero-order valence-electron chi connectivity index (χ0n) is 12.8. The molecule has 8 heteroatoms. The van der Waals surface area contributed by atoms with Gasteiger partial charge in [-0.05, 0) is 37.1 Å². The topological polar surface area (TPSA) is 99.4 Å². The van der Waals surface area contributed by atoms with E-state index in [1.54, 1.807) is 0 Å². The second-order valence-electron chi connectivity index (χ2n) is 5.73. The molecule has 0 radical (unpaired) electrons. The van der Waals surface area contributed by atoms with Crippen molar-refractivity contribution in [3.63, 3.8) is 0 Å². The summed E-state index contributed by atoms with van der Waals surface area (Å²) in [7, 11) is 0. The van der Waals surface area contributed by atoms with Crippen molar-refractivity contribution in [2.45, 2.75) is 31.7 Å². The second kappa shape index (κ2) is 6.84. The first-order valence-electron chi connectivity index (χ1n) is 7.63. The van der Waals surface area contributed by atoms with E-state index in [1.165, 1.54) is 11.3 Å². The SMILES string of the molecule is [C-]#[N+]c1c(-c2cccs2)nc(NC2CCC(C(=O)O)CC2)[nH]c1=O. The van der Waals surface area contributed by atoms with Crippen LogP contribution < -0.4 is 10.9 Å². The predicted octanol–water partition coefficient (Wildman–Crippen LogP) is 3.10. The van der Waals surface area contributed by atoms with E-state index in [0.29, 0.717) is 37.3 Å². The van der Waals surface area contributed by atoms with E-state index in [-0.39, 0.29) is 17.6 Å². The van der Waals surface area contributed by atoms with Crippen molar-refractivity contribution >= 4 is 28.9 Å². The fourth-order valence-corrected chi connectivity index (χ4v) is 3.62. The fraction of sp³-hybridized carbons (Fsp3) is 0.375. The van der Waals surface area contributed by atoms with Crippen LogP contribution in [0.4, 0.5) is 11.6 Å². The van der Waals surface area contributed by atoms with Crippen molar-refractivity contribution in [3.05, 3.63) is 39.3 Å². The Kier molecular flexibility index (Phi) is 4.62. The normalized spacial score (nSPS) is 20.3. The van der Waals surface area contributed by atoms with Gasteiger partial charge >= 0.3 is 5.97 Å². The minimum atomic E-state index is -0.749. The summed E-state index contributed by atoms with van der Waals surface area (Å²) in [5, 5.41) is 14.1. The van der Waals surface area contributed by atoms with Crippen LogP contribution in [0.2, 0.25) is 0 Å². The van der Waals surface area contributed by atoms with Crippen LogP contribution in [0.15, 0.2) is 22.3 Å². The molecule has 2 aromatic heterocycles. The van der Waals surface area contributed by atoms with E-state index in [4.69, 9.17) is 11.7 Å². The monoisotopic (exact) mass is 344 g/mol. The fourth-order valence-electron chi connectivity index (χ4n) is 2.90. The molecule has 2 heterocycles. The highest BCUT2D eigenvalue weighted by molar-refractivity contribution is 7.13. The number of anilines is 1. The number of hydrogen-bond acceptors (Lipinski definition) is 5. The zero-order valence-corrected chi connectivity index (χ0v) is 13.6. The van der Waals surface area contributed by atoms with Gasteiger partial charge in [0.05, 0.1) is 18.2 Å². The number of hydrogen-bond donors (Lipinski definition) is 3. The number of H-pyrrole nitrogens is 1. The van der Waals surface area contributed by atoms with Crippen LogP contribution >= 0.6 is 11.3 Å². The van der Waals surface area contributed by atoms with Crippen molar-refractivity contribution in [2.75, 3.05) is 5.32 Å². The third-order valence-electron chi connectivity index (χ3n) is 4.18. The van der Waals surface area contributed by atoms with Gasteiger partial charge in [0.1, 0.15) is 0 Å². The van der Waals surface area contributed by atoms with Crippen molar-refractivity contribution in [1.29, 1.82) is 0 Å². The Morgan fingerprint density at radius 2 is 2.17 bits per heavy atom. The third kappa shape index (κ3) is 3.31. The van der Waals surface area contributed by atoms with Crippen LogP contribution in [0, 0.1) is 12.5 Å². The van der Waals surface area contributed by atoms with Crippen LogP contribution in [0.3, 0.4) is 0 Å². The summed E-state index contributed by atoms with van der Waals surface area (Å²) in [6.07, 6.45) is 2.63. The lowest BCUT2D eigenvalue weighted by molar-refractivity contribution is -0.142. The quantitative estimate of drug-likeness (QED) is 0.740. The number of nitrogens with zero attached hydrogens (tertiary/aromatic N) is 2. The molecule has 1 fully saturated rings. The molecule has 0 saturated heterocycles. The lowest BCUT2D eigenvalue weighted by Crippen LogP contribution is -2.30. The number of aromatic nitrogens is 2. The van der Waals surface area contributed by atoms with E-state index in [2.05, 4.69) is 20.1 Å². The zero-order chi connectivity index (χ0) is 17.1. The molecule has 0 spiro atoms. The lowest BCUT2D eigenvalue weighted by Gasteiger charge is -2.27. The molecule has 1 aliphatic rings. The van der Waals surface area contributed by atoms with Crippen LogP contribution in [0.5, 0.6) is 0 Å². The highest BCUT2D eigenvalue weighted by atomic mass is 32.1. The standard InChI is InChI=1S/C16H16N4O3S/c1-17-13-12(11-3-2-8-24-11)19-16(20-14(13)21)18-10-6-4-9(5-7-10)15(22)23/h2-3,8-10H,4-7H2,(H,22,23)(H2,18,19,20,21). The lowest BCUT2D eigenvalue weighted by atomic mass is 9.86. The molecule has 7 nitrogen and oxygen atoms in total. The molecule has 0 bridgehead atoms. The van der Waals surface area contributed by atoms with Gasteiger partial charge in [0, 0.05) is 10.9 Å². The Labute approximate surface area is 142 Å². The van der Waals surface area contributed by atoms with Crippen molar-refractivity contribution < 1.29 is 9.90 Å². The maximum absolute atomic E-state index is 12.1. The molecule has 3 rings (SSSR count). The average Bonchev–Trinajstić information content (AvgIpc) is 3.09. The maximum Gasteiger partial charge on any atom is 0.306 e. The molecule has 2 aromatic rings. The predicted molar refractivity (Wildman–Crippen MR) is 91.4 cm³/mol. The molecule has 0 unspecified atom stereocenters. The minimum absolute atomic E-state index is 0.0161. The summed E-state index contributed by atoms with van der Waals surface area (Å²) in [4.78, 5) is 34.2. The van der Waals surface area contributed by atoms with Crippen LogP contribution in [0.25, 0.3) is 15.4 Å². The maximum atomic E-state index is 12.1. The minimum Gasteiger partial charge on any atom is -0.481 e. The molecule has 0 amide bonds. The average molecular weight is 344 g/mol. The Morgan fingerprint density at radius 1 is 1.42 bits per heavy atom. The first-order valence-corrected chi connectivity index (χ1v) is 8.51. The van der Waals surface area contributed by atoms with Gasteiger partial charge in [0.2, 0.25) is 5.95 Å². The summed E-state index contributed by atoms with van der Waals surface area (Å²) in [6.45, 7) is 7.21. The van der Waals surface area contributed by atoms with Gasteiger partial charge in [-0.1, -0.05) is 6.07 Å². The number of carbonyl (C=O) groups is 1. The van der Waals surface area contributed by atoms with Crippen LogP contribution in [0.1, 0.15) is 25.7 Å².